The number of halogens is 4. The predicted octanol–water partition coefficient (Wildman–Crippen LogP) is 5.05. The van der Waals surface area contributed by atoms with Crippen LogP contribution in [-0.4, -0.2) is 0 Å². The Bertz CT molecular complexity index is 525. The molecular formula is C13H8BrF2I. The fraction of sp³-hybridized carbons (Fsp3) is 0.0769. The number of alkyl halides is 1. The minimum Gasteiger partial charge on any atom is -0.207 e. The van der Waals surface area contributed by atoms with Gasteiger partial charge in [-0.05, 0) is 46.4 Å². The maximum absolute atomic E-state index is 13.6. The van der Waals surface area contributed by atoms with Gasteiger partial charge in [0.2, 0.25) is 0 Å². The van der Waals surface area contributed by atoms with E-state index in [-0.39, 0.29) is 4.83 Å². The molecule has 0 amide bonds. The third-order valence-corrected chi connectivity index (χ3v) is 4.14. The first-order valence-corrected chi connectivity index (χ1v) is 6.92. The van der Waals surface area contributed by atoms with E-state index >= 15 is 0 Å². The van der Waals surface area contributed by atoms with Crippen LogP contribution < -0.4 is 0 Å². The molecule has 4 heteroatoms. The Labute approximate surface area is 120 Å². The Kier molecular flexibility index (Phi) is 4.14. The van der Waals surface area contributed by atoms with E-state index in [0.717, 1.165) is 15.2 Å². The molecule has 88 valence electrons. The molecule has 0 bridgehead atoms. The molecule has 0 aromatic heterocycles. The maximum Gasteiger partial charge on any atom is 0.130 e. The van der Waals surface area contributed by atoms with Gasteiger partial charge in [0.1, 0.15) is 11.6 Å². The average Bonchev–Trinajstić information content (AvgIpc) is 2.29. The van der Waals surface area contributed by atoms with Gasteiger partial charge in [-0.2, -0.15) is 0 Å². The van der Waals surface area contributed by atoms with Crippen LogP contribution in [0.1, 0.15) is 16.0 Å². The highest BCUT2D eigenvalue weighted by Crippen LogP contribution is 2.32. The first-order valence-electron chi connectivity index (χ1n) is 4.92. The molecule has 0 saturated carbocycles. The lowest BCUT2D eigenvalue weighted by Crippen LogP contribution is -1.97. The van der Waals surface area contributed by atoms with Crippen molar-refractivity contribution in [2.75, 3.05) is 0 Å². The molecule has 17 heavy (non-hydrogen) atoms. The third-order valence-electron chi connectivity index (χ3n) is 2.40. The minimum atomic E-state index is -0.562. The Hall–Kier alpha value is -0.490. The molecule has 2 aromatic carbocycles. The van der Waals surface area contributed by atoms with E-state index in [1.54, 1.807) is 0 Å². The van der Waals surface area contributed by atoms with Crippen molar-refractivity contribution in [2.45, 2.75) is 4.83 Å². The Morgan fingerprint density at radius 1 is 1.00 bits per heavy atom. The molecule has 0 radical (unpaired) electrons. The number of hydrogen-bond donors (Lipinski definition) is 0. The van der Waals surface area contributed by atoms with E-state index < -0.39 is 11.6 Å². The summed E-state index contributed by atoms with van der Waals surface area (Å²) in [6.45, 7) is 0. The van der Waals surface area contributed by atoms with Crippen molar-refractivity contribution in [2.24, 2.45) is 0 Å². The second-order valence-corrected chi connectivity index (χ2v) is 5.74. The molecule has 0 aliphatic carbocycles. The van der Waals surface area contributed by atoms with Crippen molar-refractivity contribution < 1.29 is 8.78 Å². The Balaban J connectivity index is 2.36. The molecule has 0 aliphatic heterocycles. The standard InChI is InChI=1S/C13H8BrF2I/c14-13(8-1-4-10(17)5-2-8)11-6-3-9(15)7-12(11)16/h1-7,13H. The summed E-state index contributed by atoms with van der Waals surface area (Å²) in [7, 11) is 0. The van der Waals surface area contributed by atoms with Gasteiger partial charge in [0.05, 0.1) is 4.83 Å². The summed E-state index contributed by atoms with van der Waals surface area (Å²) in [5.74, 6) is -1.10. The van der Waals surface area contributed by atoms with Gasteiger partial charge in [0.25, 0.3) is 0 Å². The minimum absolute atomic E-state index is 0.264. The van der Waals surface area contributed by atoms with Crippen LogP contribution in [0.3, 0.4) is 0 Å². The van der Waals surface area contributed by atoms with E-state index in [2.05, 4.69) is 38.5 Å². The van der Waals surface area contributed by atoms with Gasteiger partial charge in [0.15, 0.2) is 0 Å². The molecule has 2 aromatic rings. The largest absolute Gasteiger partial charge is 0.207 e. The van der Waals surface area contributed by atoms with Crippen molar-refractivity contribution >= 4 is 38.5 Å². The normalized spacial score (nSPS) is 12.5. The molecule has 0 saturated heterocycles. The lowest BCUT2D eigenvalue weighted by Gasteiger charge is -2.11. The Morgan fingerprint density at radius 3 is 2.24 bits per heavy atom. The van der Waals surface area contributed by atoms with Gasteiger partial charge in [0, 0.05) is 15.2 Å². The molecule has 0 fully saturated rings. The summed E-state index contributed by atoms with van der Waals surface area (Å²) in [5, 5.41) is 0. The highest BCUT2D eigenvalue weighted by Gasteiger charge is 2.15. The third kappa shape index (κ3) is 3.04. The van der Waals surface area contributed by atoms with Crippen molar-refractivity contribution in [1.82, 2.24) is 0 Å². The lowest BCUT2D eigenvalue weighted by molar-refractivity contribution is 0.574. The first kappa shape index (κ1) is 13.0. The second kappa shape index (κ2) is 5.44. The van der Waals surface area contributed by atoms with Crippen molar-refractivity contribution in [3.63, 3.8) is 0 Å². The molecular weight excluding hydrogens is 401 g/mol. The van der Waals surface area contributed by atoms with Crippen LogP contribution >= 0.6 is 38.5 Å². The van der Waals surface area contributed by atoms with Crippen LogP contribution in [0.2, 0.25) is 0 Å². The lowest BCUT2D eigenvalue weighted by atomic mass is 10.0. The fourth-order valence-electron chi connectivity index (χ4n) is 1.52. The predicted molar refractivity (Wildman–Crippen MR) is 76.3 cm³/mol. The van der Waals surface area contributed by atoms with Crippen LogP contribution in [0.4, 0.5) is 8.78 Å². The van der Waals surface area contributed by atoms with Crippen LogP contribution in [0, 0.1) is 15.2 Å². The van der Waals surface area contributed by atoms with E-state index in [4.69, 9.17) is 0 Å². The molecule has 0 N–H and O–H groups in total. The molecule has 2 rings (SSSR count). The second-order valence-electron chi connectivity index (χ2n) is 3.58. The highest BCUT2D eigenvalue weighted by molar-refractivity contribution is 14.1. The summed E-state index contributed by atoms with van der Waals surface area (Å²) in [5.41, 5.74) is 1.38. The van der Waals surface area contributed by atoms with Crippen LogP contribution in [0.5, 0.6) is 0 Å². The smallest absolute Gasteiger partial charge is 0.130 e. The zero-order chi connectivity index (χ0) is 12.4. The zero-order valence-electron chi connectivity index (χ0n) is 8.63. The SMILES string of the molecule is Fc1ccc(C(Br)c2ccc(I)cc2)c(F)c1. The van der Waals surface area contributed by atoms with E-state index in [1.807, 2.05) is 24.3 Å². The van der Waals surface area contributed by atoms with Crippen molar-refractivity contribution in [1.29, 1.82) is 0 Å². The summed E-state index contributed by atoms with van der Waals surface area (Å²) in [6, 6.07) is 11.4. The van der Waals surface area contributed by atoms with Crippen LogP contribution in [-0.2, 0) is 0 Å². The maximum atomic E-state index is 13.6. The Morgan fingerprint density at radius 2 is 1.65 bits per heavy atom. The van der Waals surface area contributed by atoms with Crippen molar-refractivity contribution in [3.8, 4) is 0 Å². The highest BCUT2D eigenvalue weighted by atomic mass is 127. The van der Waals surface area contributed by atoms with Crippen LogP contribution in [0.15, 0.2) is 42.5 Å². The van der Waals surface area contributed by atoms with Gasteiger partial charge in [-0.25, -0.2) is 8.78 Å². The van der Waals surface area contributed by atoms with Gasteiger partial charge >= 0.3 is 0 Å². The molecule has 0 aliphatic rings. The van der Waals surface area contributed by atoms with Crippen molar-refractivity contribution in [3.05, 3.63) is 68.8 Å². The molecule has 0 spiro atoms. The molecule has 1 atom stereocenters. The summed E-state index contributed by atoms with van der Waals surface area (Å²) >= 11 is 5.64. The molecule has 0 nitrogen and oxygen atoms in total. The van der Waals surface area contributed by atoms with Gasteiger partial charge in [-0.3, -0.25) is 0 Å². The summed E-state index contributed by atoms with van der Waals surface area (Å²) < 4.78 is 27.5. The average molecular weight is 409 g/mol. The molecule has 1 unspecified atom stereocenters. The number of rotatable bonds is 2. The van der Waals surface area contributed by atoms with Gasteiger partial charge in [-0.1, -0.05) is 34.1 Å². The summed E-state index contributed by atoms with van der Waals surface area (Å²) in [6.07, 6.45) is 0. The topological polar surface area (TPSA) is 0 Å². The van der Waals surface area contributed by atoms with Gasteiger partial charge in [-0.15, -0.1) is 0 Å². The monoisotopic (exact) mass is 408 g/mol. The van der Waals surface area contributed by atoms with E-state index in [9.17, 15) is 8.78 Å². The zero-order valence-corrected chi connectivity index (χ0v) is 12.4. The number of hydrogen-bond acceptors (Lipinski definition) is 0. The van der Waals surface area contributed by atoms with Crippen LogP contribution in [0.25, 0.3) is 0 Å². The van der Waals surface area contributed by atoms with E-state index in [0.29, 0.717) is 5.56 Å². The first-order chi connectivity index (χ1) is 8.08. The van der Waals surface area contributed by atoms with Gasteiger partial charge < -0.3 is 0 Å². The summed E-state index contributed by atoms with van der Waals surface area (Å²) in [4.78, 5) is -0.264. The van der Waals surface area contributed by atoms with E-state index in [1.165, 1.54) is 12.1 Å². The fourth-order valence-corrected chi connectivity index (χ4v) is 2.55. The number of benzene rings is 2. The molecule has 0 heterocycles. The quantitative estimate of drug-likeness (QED) is 0.481.